The molecular weight excluding hydrogens is 520 g/mol. The van der Waals surface area contributed by atoms with Crippen LogP contribution in [0.4, 0.5) is 5.69 Å². The van der Waals surface area contributed by atoms with Gasteiger partial charge in [-0.15, -0.1) is 0 Å². The summed E-state index contributed by atoms with van der Waals surface area (Å²) in [5.41, 5.74) is 3.70. The molecule has 9 nitrogen and oxygen atoms in total. The van der Waals surface area contributed by atoms with Crippen molar-refractivity contribution in [1.82, 2.24) is 0 Å². The molecule has 0 amide bonds. The van der Waals surface area contributed by atoms with Crippen molar-refractivity contribution in [2.75, 3.05) is 97.2 Å². The first-order chi connectivity index (χ1) is 18.6. The third-order valence-corrected chi connectivity index (χ3v) is 7.02. The lowest BCUT2D eigenvalue weighted by Gasteiger charge is -2.29. The van der Waals surface area contributed by atoms with E-state index in [9.17, 15) is 8.42 Å². The normalized spacial score (nSPS) is 12.1. The predicted octanol–water partition coefficient (Wildman–Crippen LogP) is 3.42. The lowest BCUT2D eigenvalue weighted by atomic mass is 10.1. The van der Waals surface area contributed by atoms with E-state index in [-0.39, 0.29) is 5.75 Å². The molecule has 10 heteroatoms. The minimum absolute atomic E-state index is 0.209. The van der Waals surface area contributed by atoms with Crippen LogP contribution in [-0.2, 0) is 35.6 Å². The summed E-state index contributed by atoms with van der Waals surface area (Å²) in [4.78, 5) is 2.34. The van der Waals surface area contributed by atoms with Crippen LogP contribution in [0.25, 0.3) is 0 Å². The maximum atomic E-state index is 10.8. The van der Waals surface area contributed by atoms with Gasteiger partial charge in [0.25, 0.3) is 10.1 Å². The van der Waals surface area contributed by atoms with Crippen LogP contribution < -0.4 is 4.90 Å². The van der Waals surface area contributed by atoms with Crippen LogP contribution in [0.15, 0.2) is 54.6 Å². The van der Waals surface area contributed by atoms with E-state index in [1.54, 1.807) is 0 Å². The highest BCUT2D eigenvalue weighted by molar-refractivity contribution is 7.85. The number of quaternary nitrogens is 1. The molecule has 0 fully saturated rings. The molecule has 39 heavy (non-hydrogen) atoms. The van der Waals surface area contributed by atoms with Crippen molar-refractivity contribution in [3.8, 4) is 0 Å². The van der Waals surface area contributed by atoms with Gasteiger partial charge in [-0.3, -0.25) is 4.55 Å². The maximum absolute atomic E-state index is 10.8. The van der Waals surface area contributed by atoms with Crippen molar-refractivity contribution in [3.63, 3.8) is 0 Å². The molecule has 0 unspecified atom stereocenters. The summed E-state index contributed by atoms with van der Waals surface area (Å²) in [5.74, 6) is -0.209. The average Bonchev–Trinajstić information content (AvgIpc) is 2.88. The van der Waals surface area contributed by atoms with Gasteiger partial charge in [0, 0.05) is 25.2 Å². The Morgan fingerprint density at radius 3 is 1.95 bits per heavy atom. The molecule has 0 heterocycles. The molecule has 0 saturated heterocycles. The monoisotopic (exact) mass is 567 g/mol. The van der Waals surface area contributed by atoms with Gasteiger partial charge in [0.2, 0.25) is 0 Å². The molecule has 0 aliphatic carbocycles. The third-order valence-electron chi connectivity index (χ3n) is 6.21. The zero-order valence-corrected chi connectivity index (χ0v) is 24.6. The number of ether oxygens (including phenoxy) is 4. The SMILES string of the molecule is Cc1cccc(N(CCOCCOCCOCCOCC[N+](C)(C)CCCS(=O)(=O)O)Cc2ccccc2)c1. The van der Waals surface area contributed by atoms with Crippen LogP contribution in [0.5, 0.6) is 0 Å². The summed E-state index contributed by atoms with van der Waals surface area (Å²) in [6, 6.07) is 19.0. The Balaban J connectivity index is 1.47. The van der Waals surface area contributed by atoms with E-state index in [0.717, 1.165) is 19.6 Å². The molecule has 0 aliphatic heterocycles. The number of benzene rings is 2. The molecule has 0 aromatic heterocycles. The molecule has 0 radical (unpaired) electrons. The Labute approximate surface area is 235 Å². The minimum Gasteiger partial charge on any atom is -0.377 e. The van der Waals surface area contributed by atoms with Gasteiger partial charge >= 0.3 is 0 Å². The third kappa shape index (κ3) is 16.6. The van der Waals surface area contributed by atoms with E-state index in [1.807, 2.05) is 20.2 Å². The van der Waals surface area contributed by atoms with E-state index < -0.39 is 10.1 Å². The van der Waals surface area contributed by atoms with Crippen molar-refractivity contribution in [2.45, 2.75) is 19.9 Å². The van der Waals surface area contributed by atoms with Crippen molar-refractivity contribution in [2.24, 2.45) is 0 Å². The fourth-order valence-corrected chi connectivity index (χ4v) is 4.46. The van der Waals surface area contributed by atoms with Crippen molar-refractivity contribution in [3.05, 3.63) is 65.7 Å². The largest absolute Gasteiger partial charge is 0.377 e. The number of nitrogens with zero attached hydrogens (tertiary/aromatic N) is 2. The summed E-state index contributed by atoms with van der Waals surface area (Å²) >= 11 is 0. The number of hydrogen-bond donors (Lipinski definition) is 1. The Morgan fingerprint density at radius 1 is 0.769 bits per heavy atom. The highest BCUT2D eigenvalue weighted by Crippen LogP contribution is 2.18. The first-order valence-corrected chi connectivity index (χ1v) is 15.2. The molecule has 0 atom stereocenters. The maximum Gasteiger partial charge on any atom is 0.265 e. The topological polar surface area (TPSA) is 94.5 Å². The molecule has 2 aromatic carbocycles. The van der Waals surface area contributed by atoms with Crippen LogP contribution in [0.2, 0.25) is 0 Å². The first kappa shape index (κ1) is 33.2. The molecule has 1 N–H and O–H groups in total. The molecule has 0 aliphatic rings. The fraction of sp³-hybridized carbons (Fsp3) is 0.586. The molecule has 0 spiro atoms. The Morgan fingerprint density at radius 2 is 1.36 bits per heavy atom. The number of anilines is 1. The second kappa shape index (κ2) is 18.3. The molecular formula is C29H47N2O7S+. The molecule has 0 saturated carbocycles. The van der Waals surface area contributed by atoms with E-state index in [4.69, 9.17) is 23.5 Å². The van der Waals surface area contributed by atoms with E-state index in [0.29, 0.717) is 70.3 Å². The van der Waals surface area contributed by atoms with Crippen molar-refractivity contribution < 1.29 is 36.4 Å². The van der Waals surface area contributed by atoms with Crippen LogP contribution >= 0.6 is 0 Å². The van der Waals surface area contributed by atoms with Gasteiger partial charge < -0.3 is 28.3 Å². The summed E-state index contributed by atoms with van der Waals surface area (Å²) < 4.78 is 53.7. The number of likely N-dealkylation sites (N-methyl/N-ethyl adjacent to an activating group) is 1. The van der Waals surface area contributed by atoms with Crippen LogP contribution in [0.1, 0.15) is 17.5 Å². The first-order valence-electron chi connectivity index (χ1n) is 13.6. The standard InChI is InChI=1S/C29H46N2O7S/c1-27-9-7-12-29(25-27)30(26-28-10-5-4-6-11-28)13-16-35-18-20-37-22-23-38-21-19-36-17-15-31(2,3)14-8-24-39(32,33)34/h4-7,9-12,25H,8,13-24,26H2,1-3H3/p+1. The van der Waals surface area contributed by atoms with Gasteiger partial charge in [-0.25, -0.2) is 0 Å². The lowest BCUT2D eigenvalue weighted by molar-refractivity contribution is -0.890. The van der Waals surface area contributed by atoms with Crippen molar-refractivity contribution >= 4 is 15.8 Å². The fourth-order valence-electron chi connectivity index (χ4n) is 3.96. The molecule has 2 rings (SSSR count). The highest BCUT2D eigenvalue weighted by Gasteiger charge is 2.16. The van der Waals surface area contributed by atoms with Gasteiger partial charge in [-0.1, -0.05) is 42.5 Å². The quantitative estimate of drug-likeness (QED) is 0.131. The lowest BCUT2D eigenvalue weighted by Crippen LogP contribution is -2.43. The zero-order chi connectivity index (χ0) is 28.4. The number of aryl methyl sites for hydroxylation is 1. The van der Waals surface area contributed by atoms with Crippen LogP contribution in [-0.4, -0.2) is 110 Å². The summed E-state index contributed by atoms with van der Waals surface area (Å²) in [7, 11) is 0.124. The van der Waals surface area contributed by atoms with Gasteiger partial charge in [0.15, 0.2) is 0 Å². The Kier molecular flexibility index (Phi) is 15.6. The molecule has 220 valence electrons. The zero-order valence-electron chi connectivity index (χ0n) is 23.8. The van der Waals surface area contributed by atoms with Gasteiger partial charge in [0.1, 0.15) is 6.54 Å². The highest BCUT2D eigenvalue weighted by atomic mass is 32.2. The van der Waals surface area contributed by atoms with E-state index >= 15 is 0 Å². The molecule has 0 bridgehead atoms. The Hall–Kier alpha value is -2.05. The average molecular weight is 568 g/mol. The van der Waals surface area contributed by atoms with Crippen LogP contribution in [0, 0.1) is 6.92 Å². The summed E-state index contributed by atoms with van der Waals surface area (Å²) in [6.45, 7) is 9.37. The summed E-state index contributed by atoms with van der Waals surface area (Å²) in [6.07, 6.45) is 0.417. The smallest absolute Gasteiger partial charge is 0.265 e. The van der Waals surface area contributed by atoms with Gasteiger partial charge in [-0.2, -0.15) is 8.42 Å². The minimum atomic E-state index is -3.90. The summed E-state index contributed by atoms with van der Waals surface area (Å²) in [5, 5.41) is 0. The van der Waals surface area contributed by atoms with Gasteiger partial charge in [-0.05, 0) is 30.2 Å². The number of rotatable bonds is 22. The van der Waals surface area contributed by atoms with Crippen molar-refractivity contribution in [1.29, 1.82) is 0 Å². The van der Waals surface area contributed by atoms with E-state index in [2.05, 4.69) is 60.4 Å². The molecule has 2 aromatic rings. The van der Waals surface area contributed by atoms with E-state index in [1.165, 1.54) is 16.8 Å². The predicted molar refractivity (Wildman–Crippen MR) is 155 cm³/mol. The number of hydrogen-bond acceptors (Lipinski definition) is 7. The van der Waals surface area contributed by atoms with Crippen LogP contribution in [0.3, 0.4) is 0 Å². The second-order valence-electron chi connectivity index (χ2n) is 10.2. The van der Waals surface area contributed by atoms with Gasteiger partial charge in [0.05, 0.1) is 79.2 Å². The second-order valence-corrected chi connectivity index (χ2v) is 11.8. The Bertz CT molecular complexity index is 1020.